The Labute approximate surface area is 82.8 Å². The summed E-state index contributed by atoms with van der Waals surface area (Å²) in [5, 5.41) is 12.4. The smallest absolute Gasteiger partial charge is 0.134 e. The van der Waals surface area contributed by atoms with Crippen molar-refractivity contribution < 1.29 is 5.11 Å². The van der Waals surface area contributed by atoms with E-state index in [4.69, 9.17) is 16.7 Å². The molecule has 0 fully saturated rings. The van der Waals surface area contributed by atoms with Crippen molar-refractivity contribution in [1.82, 2.24) is 10.3 Å². The summed E-state index contributed by atoms with van der Waals surface area (Å²) < 4.78 is 0. The topological polar surface area (TPSA) is 45.1 Å². The van der Waals surface area contributed by atoms with Gasteiger partial charge in [0.05, 0.1) is 12.6 Å². The molecule has 0 aliphatic rings. The molecule has 0 spiro atoms. The summed E-state index contributed by atoms with van der Waals surface area (Å²) in [6.07, 6.45) is 0. The van der Waals surface area contributed by atoms with E-state index in [1.54, 1.807) is 7.05 Å². The Morgan fingerprint density at radius 3 is 2.77 bits per heavy atom. The summed E-state index contributed by atoms with van der Waals surface area (Å²) in [6.45, 7) is 1.89. The molecular formula is C9H13ClN2O. The van der Waals surface area contributed by atoms with Crippen LogP contribution < -0.4 is 5.32 Å². The maximum atomic E-state index is 9.02. The number of aryl methyl sites for hydroxylation is 1. The molecule has 3 nitrogen and oxygen atoms in total. The number of likely N-dealkylation sites (N-methyl/N-ethyl adjacent to an activating group) is 1. The first kappa shape index (κ1) is 10.4. The molecule has 2 N–H and O–H groups in total. The third-order valence-corrected chi connectivity index (χ3v) is 2.23. The highest BCUT2D eigenvalue weighted by molar-refractivity contribution is 6.30. The molecular weight excluding hydrogens is 188 g/mol. The van der Waals surface area contributed by atoms with Crippen molar-refractivity contribution in [3.05, 3.63) is 28.5 Å². The number of aromatic nitrogens is 1. The Balaban J connectivity index is 2.99. The van der Waals surface area contributed by atoms with Crippen LogP contribution in [-0.2, 0) is 0 Å². The van der Waals surface area contributed by atoms with Gasteiger partial charge in [0.25, 0.3) is 0 Å². The van der Waals surface area contributed by atoms with Gasteiger partial charge in [0, 0.05) is 11.3 Å². The maximum Gasteiger partial charge on any atom is 0.134 e. The minimum atomic E-state index is -0.138. The highest BCUT2D eigenvalue weighted by atomic mass is 35.5. The molecule has 0 aromatic carbocycles. The number of pyridine rings is 1. The van der Waals surface area contributed by atoms with Gasteiger partial charge < -0.3 is 10.4 Å². The second kappa shape index (κ2) is 4.56. The van der Waals surface area contributed by atoms with Crippen LogP contribution in [0, 0.1) is 6.92 Å². The van der Waals surface area contributed by atoms with Crippen LogP contribution in [-0.4, -0.2) is 23.7 Å². The van der Waals surface area contributed by atoms with Gasteiger partial charge in [-0.25, -0.2) is 4.98 Å². The predicted octanol–water partition coefficient (Wildman–Crippen LogP) is 1.30. The number of aliphatic hydroxyl groups is 1. The number of nitrogens with zero attached hydrogens (tertiary/aromatic N) is 1. The van der Waals surface area contributed by atoms with E-state index < -0.39 is 0 Å². The lowest BCUT2D eigenvalue weighted by Crippen LogP contribution is -2.20. The third-order valence-electron chi connectivity index (χ3n) is 1.92. The molecule has 0 saturated carbocycles. The van der Waals surface area contributed by atoms with Gasteiger partial charge in [-0.3, -0.25) is 0 Å². The molecule has 0 amide bonds. The first-order chi connectivity index (χ1) is 6.19. The largest absolute Gasteiger partial charge is 0.394 e. The number of halogens is 1. The lowest BCUT2D eigenvalue weighted by Gasteiger charge is -2.14. The van der Waals surface area contributed by atoms with E-state index in [9.17, 15) is 0 Å². The third kappa shape index (κ3) is 2.40. The van der Waals surface area contributed by atoms with Crippen molar-refractivity contribution in [1.29, 1.82) is 0 Å². The Kier molecular flexibility index (Phi) is 3.66. The SMILES string of the molecule is CNC(CO)c1ccc(C)nc1Cl. The summed E-state index contributed by atoms with van der Waals surface area (Å²) in [5.41, 5.74) is 1.71. The fourth-order valence-electron chi connectivity index (χ4n) is 1.14. The predicted molar refractivity (Wildman–Crippen MR) is 52.9 cm³/mol. The molecule has 13 heavy (non-hydrogen) atoms. The number of hydrogen-bond donors (Lipinski definition) is 2. The molecule has 1 aromatic rings. The quantitative estimate of drug-likeness (QED) is 0.723. The summed E-state index contributed by atoms with van der Waals surface area (Å²) in [7, 11) is 1.77. The molecule has 1 rings (SSSR count). The molecule has 1 atom stereocenters. The van der Waals surface area contributed by atoms with Crippen LogP contribution in [0.4, 0.5) is 0 Å². The molecule has 1 unspecified atom stereocenters. The zero-order valence-corrected chi connectivity index (χ0v) is 8.47. The average molecular weight is 201 g/mol. The number of aliphatic hydroxyl groups excluding tert-OH is 1. The molecule has 0 radical (unpaired) electrons. The van der Waals surface area contributed by atoms with Crippen molar-refractivity contribution >= 4 is 11.6 Å². The van der Waals surface area contributed by atoms with Gasteiger partial charge in [0.1, 0.15) is 5.15 Å². The first-order valence-electron chi connectivity index (χ1n) is 4.10. The molecule has 0 bridgehead atoms. The lowest BCUT2D eigenvalue weighted by molar-refractivity contribution is 0.251. The van der Waals surface area contributed by atoms with Crippen LogP contribution in [0.15, 0.2) is 12.1 Å². The zero-order chi connectivity index (χ0) is 9.84. The minimum absolute atomic E-state index is 0.0148. The van der Waals surface area contributed by atoms with Crippen LogP contribution in [0.5, 0.6) is 0 Å². The van der Waals surface area contributed by atoms with Crippen molar-refractivity contribution in [3.8, 4) is 0 Å². The Morgan fingerprint density at radius 2 is 2.31 bits per heavy atom. The summed E-state index contributed by atoms with van der Waals surface area (Å²) in [5.74, 6) is 0. The van der Waals surface area contributed by atoms with Crippen molar-refractivity contribution in [3.63, 3.8) is 0 Å². The molecule has 1 aromatic heterocycles. The van der Waals surface area contributed by atoms with Gasteiger partial charge in [-0.15, -0.1) is 0 Å². The Morgan fingerprint density at radius 1 is 1.62 bits per heavy atom. The molecule has 1 heterocycles. The fourth-order valence-corrected chi connectivity index (χ4v) is 1.47. The van der Waals surface area contributed by atoms with Gasteiger partial charge in [-0.2, -0.15) is 0 Å². The minimum Gasteiger partial charge on any atom is -0.394 e. The normalized spacial score (nSPS) is 12.9. The summed E-state index contributed by atoms with van der Waals surface area (Å²) in [4.78, 5) is 4.10. The molecule has 0 aliphatic heterocycles. The second-order valence-corrected chi connectivity index (χ2v) is 3.21. The van der Waals surface area contributed by atoms with Crippen molar-refractivity contribution in [2.24, 2.45) is 0 Å². The van der Waals surface area contributed by atoms with Crippen molar-refractivity contribution in [2.75, 3.05) is 13.7 Å². The van der Waals surface area contributed by atoms with E-state index in [1.165, 1.54) is 0 Å². The number of rotatable bonds is 3. The lowest BCUT2D eigenvalue weighted by atomic mass is 10.1. The van der Waals surface area contributed by atoms with Gasteiger partial charge in [0.2, 0.25) is 0 Å². The number of nitrogens with one attached hydrogen (secondary N) is 1. The molecule has 4 heteroatoms. The van der Waals surface area contributed by atoms with Crippen LogP contribution >= 0.6 is 11.6 Å². The van der Waals surface area contributed by atoms with E-state index >= 15 is 0 Å². The second-order valence-electron chi connectivity index (χ2n) is 2.86. The van der Waals surface area contributed by atoms with Crippen LogP contribution in [0.25, 0.3) is 0 Å². The van der Waals surface area contributed by atoms with E-state index in [2.05, 4.69) is 10.3 Å². The zero-order valence-electron chi connectivity index (χ0n) is 7.71. The molecule has 0 saturated heterocycles. The van der Waals surface area contributed by atoms with Crippen LogP contribution in [0.1, 0.15) is 17.3 Å². The molecule has 72 valence electrons. The van der Waals surface area contributed by atoms with Gasteiger partial charge in [0.15, 0.2) is 0 Å². The molecule has 0 aliphatic carbocycles. The van der Waals surface area contributed by atoms with E-state index in [1.807, 2.05) is 19.1 Å². The highest BCUT2D eigenvalue weighted by Crippen LogP contribution is 2.20. The summed E-state index contributed by atoms with van der Waals surface area (Å²) in [6, 6.07) is 3.61. The van der Waals surface area contributed by atoms with Gasteiger partial charge in [-0.05, 0) is 20.0 Å². The van der Waals surface area contributed by atoms with Crippen LogP contribution in [0.2, 0.25) is 5.15 Å². The van der Waals surface area contributed by atoms with E-state index in [0.29, 0.717) is 5.15 Å². The Hall–Kier alpha value is -0.640. The van der Waals surface area contributed by atoms with E-state index in [-0.39, 0.29) is 12.6 Å². The average Bonchev–Trinajstić information content (AvgIpc) is 2.10. The maximum absolute atomic E-state index is 9.02. The van der Waals surface area contributed by atoms with E-state index in [0.717, 1.165) is 11.3 Å². The first-order valence-corrected chi connectivity index (χ1v) is 4.48. The van der Waals surface area contributed by atoms with Crippen LogP contribution in [0.3, 0.4) is 0 Å². The monoisotopic (exact) mass is 200 g/mol. The van der Waals surface area contributed by atoms with Gasteiger partial charge >= 0.3 is 0 Å². The fraction of sp³-hybridized carbons (Fsp3) is 0.444. The van der Waals surface area contributed by atoms with Gasteiger partial charge in [-0.1, -0.05) is 17.7 Å². The standard InChI is InChI=1S/C9H13ClN2O/c1-6-3-4-7(9(10)12-6)8(5-13)11-2/h3-4,8,11,13H,5H2,1-2H3. The Bertz CT molecular complexity index is 287. The highest BCUT2D eigenvalue weighted by Gasteiger charge is 2.11. The summed E-state index contributed by atoms with van der Waals surface area (Å²) >= 11 is 5.92. The number of hydrogen-bond acceptors (Lipinski definition) is 3. The van der Waals surface area contributed by atoms with Crippen molar-refractivity contribution in [2.45, 2.75) is 13.0 Å².